The van der Waals surface area contributed by atoms with Crippen LogP contribution in [0, 0.1) is 0 Å². The summed E-state index contributed by atoms with van der Waals surface area (Å²) < 4.78 is 38.7. The molecule has 0 aromatic heterocycles. The summed E-state index contributed by atoms with van der Waals surface area (Å²) in [7, 11) is 0. The summed E-state index contributed by atoms with van der Waals surface area (Å²) in [5, 5.41) is 4.95. The molecule has 9 heteroatoms. The van der Waals surface area contributed by atoms with E-state index in [2.05, 4.69) is 10.6 Å². The van der Waals surface area contributed by atoms with Gasteiger partial charge in [0, 0.05) is 19.8 Å². The smallest absolute Gasteiger partial charge is 0.368 e. The highest BCUT2D eigenvalue weighted by molar-refractivity contribution is 5.91. The van der Waals surface area contributed by atoms with Crippen molar-refractivity contribution in [2.24, 2.45) is 5.73 Å². The van der Waals surface area contributed by atoms with Crippen molar-refractivity contribution in [2.75, 3.05) is 0 Å². The molecule has 0 fully saturated rings. The summed E-state index contributed by atoms with van der Waals surface area (Å²) in [6, 6.07) is 11.1. The minimum atomic E-state index is -4.53. The molecule has 2 rings (SSSR count). The van der Waals surface area contributed by atoms with Crippen LogP contribution in [-0.4, -0.2) is 29.8 Å². The Morgan fingerprint density at radius 2 is 1.50 bits per heavy atom. The third kappa shape index (κ3) is 6.91. The molecule has 0 aliphatic rings. The number of alkyl halides is 3. The average molecular weight is 421 g/mol. The Labute approximate surface area is 171 Å². The van der Waals surface area contributed by atoms with E-state index in [1.807, 2.05) is 0 Å². The summed E-state index contributed by atoms with van der Waals surface area (Å²) in [6.07, 6.45) is -4.59. The van der Waals surface area contributed by atoms with Crippen molar-refractivity contribution in [1.29, 1.82) is 0 Å². The van der Waals surface area contributed by atoms with Crippen LogP contribution in [0.15, 0.2) is 54.6 Å². The van der Waals surface area contributed by atoms with Gasteiger partial charge in [-0.3, -0.25) is 14.4 Å². The van der Waals surface area contributed by atoms with Gasteiger partial charge in [0.15, 0.2) is 0 Å². The summed E-state index contributed by atoms with van der Waals surface area (Å²) >= 11 is 0. The van der Waals surface area contributed by atoms with Crippen molar-refractivity contribution in [3.63, 3.8) is 0 Å². The zero-order valence-corrected chi connectivity index (χ0v) is 16.2. The largest absolute Gasteiger partial charge is 0.416 e. The molecular weight excluding hydrogens is 399 g/mol. The fraction of sp³-hybridized carbons (Fsp3) is 0.286. The SMILES string of the molecule is CC(=O)N[C@@H](Cc1ccccc1)C(=O)N[C@@H](Cc1cccc(C(F)(F)F)c1)C(N)=O. The standard InChI is InChI=1S/C21H22F3N3O3/c1-13(28)26-18(11-14-6-3-2-4-7-14)20(30)27-17(19(25)29)12-15-8-5-9-16(10-15)21(22,23)24/h2-10,17-18H,11-12H2,1H3,(H2,25,29)(H,26,28)(H,27,30)/t17-,18-/m0/s1. The number of rotatable bonds is 8. The quantitative estimate of drug-likeness (QED) is 0.607. The van der Waals surface area contributed by atoms with Crippen LogP contribution >= 0.6 is 0 Å². The lowest BCUT2D eigenvalue weighted by Crippen LogP contribution is -2.54. The van der Waals surface area contributed by atoms with E-state index in [1.54, 1.807) is 30.3 Å². The first-order valence-electron chi connectivity index (χ1n) is 9.13. The molecule has 0 radical (unpaired) electrons. The first-order valence-corrected chi connectivity index (χ1v) is 9.13. The number of hydrogen-bond donors (Lipinski definition) is 3. The Bertz CT molecular complexity index is 901. The maximum atomic E-state index is 12.9. The first kappa shape index (κ1) is 22.9. The molecule has 0 bridgehead atoms. The van der Waals surface area contributed by atoms with Gasteiger partial charge in [0.2, 0.25) is 17.7 Å². The molecule has 0 saturated heterocycles. The number of amides is 3. The van der Waals surface area contributed by atoms with Crippen LogP contribution in [0.25, 0.3) is 0 Å². The zero-order valence-electron chi connectivity index (χ0n) is 16.2. The number of carbonyl (C=O) groups excluding carboxylic acids is 3. The minimum Gasteiger partial charge on any atom is -0.368 e. The maximum absolute atomic E-state index is 12.9. The zero-order chi connectivity index (χ0) is 22.3. The third-order valence-corrected chi connectivity index (χ3v) is 4.33. The van der Waals surface area contributed by atoms with Gasteiger partial charge in [0.1, 0.15) is 12.1 Å². The summed E-state index contributed by atoms with van der Waals surface area (Å²) in [5.41, 5.74) is 5.45. The Morgan fingerprint density at radius 3 is 2.07 bits per heavy atom. The number of carbonyl (C=O) groups is 3. The normalized spacial score (nSPS) is 13.2. The summed E-state index contributed by atoms with van der Waals surface area (Å²) in [6.45, 7) is 1.25. The third-order valence-electron chi connectivity index (χ3n) is 4.33. The Balaban J connectivity index is 2.16. The number of nitrogens with one attached hydrogen (secondary N) is 2. The van der Waals surface area contributed by atoms with Crippen LogP contribution in [0.3, 0.4) is 0 Å². The average Bonchev–Trinajstić information content (AvgIpc) is 2.67. The molecule has 2 aromatic rings. The van der Waals surface area contributed by atoms with Gasteiger partial charge in [-0.15, -0.1) is 0 Å². The predicted octanol–water partition coefficient (Wildman–Crippen LogP) is 1.97. The molecule has 0 saturated carbocycles. The van der Waals surface area contributed by atoms with E-state index in [0.717, 1.165) is 17.7 Å². The van der Waals surface area contributed by atoms with Crippen LogP contribution in [0.4, 0.5) is 13.2 Å². The monoisotopic (exact) mass is 421 g/mol. The second kappa shape index (κ2) is 9.91. The van der Waals surface area contributed by atoms with Gasteiger partial charge >= 0.3 is 6.18 Å². The van der Waals surface area contributed by atoms with Crippen molar-refractivity contribution < 1.29 is 27.6 Å². The molecule has 0 aliphatic heterocycles. The second-order valence-electron chi connectivity index (χ2n) is 6.81. The molecule has 30 heavy (non-hydrogen) atoms. The topological polar surface area (TPSA) is 101 Å². The van der Waals surface area contributed by atoms with Gasteiger partial charge in [-0.05, 0) is 17.2 Å². The lowest BCUT2D eigenvalue weighted by Gasteiger charge is -2.22. The van der Waals surface area contributed by atoms with Crippen molar-refractivity contribution in [1.82, 2.24) is 10.6 Å². The number of benzene rings is 2. The molecule has 0 heterocycles. The van der Waals surface area contributed by atoms with Crippen LogP contribution < -0.4 is 16.4 Å². The van der Waals surface area contributed by atoms with Gasteiger partial charge in [-0.25, -0.2) is 0 Å². The summed E-state index contributed by atoms with van der Waals surface area (Å²) in [5.74, 6) is -2.01. The fourth-order valence-electron chi connectivity index (χ4n) is 2.91. The van der Waals surface area contributed by atoms with Crippen molar-refractivity contribution >= 4 is 17.7 Å². The van der Waals surface area contributed by atoms with Crippen LogP contribution in [0.5, 0.6) is 0 Å². The molecule has 0 spiro atoms. The molecule has 0 aliphatic carbocycles. The minimum absolute atomic E-state index is 0.168. The van der Waals surface area contributed by atoms with E-state index in [4.69, 9.17) is 5.73 Å². The van der Waals surface area contributed by atoms with E-state index in [1.165, 1.54) is 19.1 Å². The van der Waals surface area contributed by atoms with Gasteiger partial charge in [0.25, 0.3) is 0 Å². The molecule has 0 unspecified atom stereocenters. The first-order chi connectivity index (χ1) is 14.1. The van der Waals surface area contributed by atoms with E-state index in [0.29, 0.717) is 0 Å². The van der Waals surface area contributed by atoms with Gasteiger partial charge < -0.3 is 16.4 Å². The number of primary amides is 1. The number of halogens is 3. The second-order valence-corrected chi connectivity index (χ2v) is 6.81. The van der Waals surface area contributed by atoms with E-state index in [9.17, 15) is 27.6 Å². The van der Waals surface area contributed by atoms with Gasteiger partial charge in [0.05, 0.1) is 5.56 Å². The highest BCUT2D eigenvalue weighted by Gasteiger charge is 2.31. The van der Waals surface area contributed by atoms with E-state index < -0.39 is 41.5 Å². The lowest BCUT2D eigenvalue weighted by molar-refractivity contribution is -0.137. The van der Waals surface area contributed by atoms with E-state index >= 15 is 0 Å². The molecule has 4 N–H and O–H groups in total. The summed E-state index contributed by atoms with van der Waals surface area (Å²) in [4.78, 5) is 36.0. The Hall–Kier alpha value is -3.36. The molecule has 2 aromatic carbocycles. The van der Waals surface area contributed by atoms with Crippen LogP contribution in [0.1, 0.15) is 23.6 Å². The van der Waals surface area contributed by atoms with Gasteiger partial charge in [-0.2, -0.15) is 13.2 Å². The Kier molecular flexibility index (Phi) is 7.57. The predicted molar refractivity (Wildman–Crippen MR) is 104 cm³/mol. The van der Waals surface area contributed by atoms with Crippen molar-refractivity contribution in [2.45, 2.75) is 38.0 Å². The van der Waals surface area contributed by atoms with Crippen LogP contribution in [0.2, 0.25) is 0 Å². The molecule has 2 atom stereocenters. The van der Waals surface area contributed by atoms with Crippen LogP contribution in [-0.2, 0) is 33.4 Å². The lowest BCUT2D eigenvalue weighted by atomic mass is 10.0. The molecule has 160 valence electrons. The molecule has 6 nitrogen and oxygen atoms in total. The highest BCUT2D eigenvalue weighted by atomic mass is 19.4. The number of hydrogen-bond acceptors (Lipinski definition) is 3. The van der Waals surface area contributed by atoms with E-state index in [-0.39, 0.29) is 18.4 Å². The fourth-order valence-corrected chi connectivity index (χ4v) is 2.91. The van der Waals surface area contributed by atoms with Crippen molar-refractivity contribution in [3.8, 4) is 0 Å². The Morgan fingerprint density at radius 1 is 0.900 bits per heavy atom. The van der Waals surface area contributed by atoms with Gasteiger partial charge in [-0.1, -0.05) is 48.5 Å². The molecule has 3 amide bonds. The van der Waals surface area contributed by atoms with Crippen molar-refractivity contribution in [3.05, 3.63) is 71.3 Å². The molecular formula is C21H22F3N3O3. The maximum Gasteiger partial charge on any atom is 0.416 e. The number of nitrogens with two attached hydrogens (primary N) is 1. The highest BCUT2D eigenvalue weighted by Crippen LogP contribution is 2.29.